The van der Waals surface area contributed by atoms with E-state index < -0.39 is 18.1 Å². The maximum Gasteiger partial charge on any atom is 0.343 e. The molecule has 0 fully saturated rings. The Morgan fingerprint density at radius 3 is 2.48 bits per heavy atom. The van der Waals surface area contributed by atoms with Gasteiger partial charge in [-0.05, 0) is 31.2 Å². The third-order valence-electron chi connectivity index (χ3n) is 5.68. The SMILES string of the molecule is COc1ccc2c(c1OC)C(=O)OC2[C@H]1c2c(cc(O)c(O)c2OC)CCN1C. The van der Waals surface area contributed by atoms with E-state index in [2.05, 4.69) is 0 Å². The minimum atomic E-state index is -0.640. The summed E-state index contributed by atoms with van der Waals surface area (Å²) >= 11 is 0. The van der Waals surface area contributed by atoms with Crippen LogP contribution in [0.4, 0.5) is 0 Å². The van der Waals surface area contributed by atoms with Gasteiger partial charge in [-0.1, -0.05) is 6.07 Å². The molecule has 1 unspecified atom stereocenters. The Kier molecular flexibility index (Phi) is 4.66. The molecule has 2 aromatic rings. The topological polar surface area (TPSA) is 97.7 Å². The lowest BCUT2D eigenvalue weighted by molar-refractivity contribution is 0.00869. The van der Waals surface area contributed by atoms with Gasteiger partial charge in [-0.3, -0.25) is 4.90 Å². The van der Waals surface area contributed by atoms with Gasteiger partial charge in [0.1, 0.15) is 11.7 Å². The zero-order chi connectivity index (χ0) is 20.9. The number of hydrogen-bond donors (Lipinski definition) is 2. The van der Waals surface area contributed by atoms with Crippen molar-refractivity contribution in [3.8, 4) is 28.7 Å². The first-order valence-corrected chi connectivity index (χ1v) is 9.20. The fourth-order valence-electron chi connectivity index (χ4n) is 4.34. The number of fused-ring (bicyclic) bond motifs is 2. The van der Waals surface area contributed by atoms with Gasteiger partial charge < -0.3 is 29.2 Å². The van der Waals surface area contributed by atoms with Crippen molar-refractivity contribution >= 4 is 5.97 Å². The van der Waals surface area contributed by atoms with Crippen molar-refractivity contribution in [2.24, 2.45) is 0 Å². The number of esters is 1. The third kappa shape index (κ3) is 2.74. The van der Waals surface area contributed by atoms with Gasteiger partial charge in [-0.15, -0.1) is 0 Å². The first-order chi connectivity index (χ1) is 13.9. The molecular weight excluding hydrogens is 378 g/mol. The lowest BCUT2D eigenvalue weighted by Crippen LogP contribution is -2.36. The highest BCUT2D eigenvalue weighted by Gasteiger charge is 2.45. The molecule has 0 saturated heterocycles. The van der Waals surface area contributed by atoms with Gasteiger partial charge in [0.15, 0.2) is 23.0 Å². The number of ether oxygens (including phenoxy) is 4. The van der Waals surface area contributed by atoms with Crippen LogP contribution in [-0.2, 0) is 11.2 Å². The quantitative estimate of drug-likeness (QED) is 0.596. The van der Waals surface area contributed by atoms with E-state index in [4.69, 9.17) is 18.9 Å². The van der Waals surface area contributed by atoms with Crippen molar-refractivity contribution < 1.29 is 34.0 Å². The number of nitrogens with zero attached hydrogens (tertiary/aromatic N) is 1. The standard InChI is InChI=1S/C21H23NO7/c1-22-8-7-10-9-12(23)17(24)20(28-4)14(10)16(22)18-11-5-6-13(26-2)19(27-3)15(11)21(25)29-18/h5-6,9,16,18,23-24H,7-8H2,1-4H3/t16-,18?/m1/s1. The van der Waals surface area contributed by atoms with Gasteiger partial charge in [0, 0.05) is 17.7 Å². The third-order valence-corrected chi connectivity index (χ3v) is 5.68. The molecule has 2 aliphatic rings. The number of aromatic hydroxyl groups is 2. The molecule has 0 aliphatic carbocycles. The van der Waals surface area contributed by atoms with Crippen LogP contribution in [0.5, 0.6) is 28.7 Å². The average molecular weight is 401 g/mol. The summed E-state index contributed by atoms with van der Waals surface area (Å²) < 4.78 is 22.0. The molecule has 29 heavy (non-hydrogen) atoms. The molecule has 2 heterocycles. The molecule has 8 nitrogen and oxygen atoms in total. The zero-order valence-electron chi connectivity index (χ0n) is 16.7. The van der Waals surface area contributed by atoms with E-state index in [1.807, 2.05) is 11.9 Å². The molecule has 0 spiro atoms. The Balaban J connectivity index is 1.91. The molecule has 2 aromatic carbocycles. The number of cyclic esters (lactones) is 1. The lowest BCUT2D eigenvalue weighted by atomic mass is 9.85. The molecule has 0 aromatic heterocycles. The second kappa shape index (κ2) is 7.04. The van der Waals surface area contributed by atoms with E-state index in [-0.39, 0.29) is 17.2 Å². The van der Waals surface area contributed by atoms with Gasteiger partial charge in [-0.2, -0.15) is 0 Å². The summed E-state index contributed by atoms with van der Waals surface area (Å²) in [7, 11) is 6.34. The first kappa shape index (κ1) is 19.2. The summed E-state index contributed by atoms with van der Waals surface area (Å²) in [6.45, 7) is 0.682. The largest absolute Gasteiger partial charge is 0.504 e. The number of carbonyl (C=O) groups excluding carboxylic acids is 1. The van der Waals surface area contributed by atoms with Crippen LogP contribution in [0.25, 0.3) is 0 Å². The fourth-order valence-corrected chi connectivity index (χ4v) is 4.34. The van der Waals surface area contributed by atoms with Crippen LogP contribution in [0.1, 0.15) is 39.2 Å². The number of likely N-dealkylation sites (N-methyl/N-ethyl adjacent to an activating group) is 1. The molecule has 0 bridgehead atoms. The second-order valence-electron chi connectivity index (χ2n) is 7.12. The first-order valence-electron chi connectivity index (χ1n) is 9.20. The molecule has 0 radical (unpaired) electrons. The summed E-state index contributed by atoms with van der Waals surface area (Å²) in [5.41, 5.74) is 2.54. The summed E-state index contributed by atoms with van der Waals surface area (Å²) in [5.74, 6) is -0.106. The van der Waals surface area contributed by atoms with Crippen LogP contribution in [0.2, 0.25) is 0 Å². The number of benzene rings is 2. The number of rotatable bonds is 4. The maximum absolute atomic E-state index is 12.8. The van der Waals surface area contributed by atoms with Crippen LogP contribution in [0, 0.1) is 0 Å². The highest BCUT2D eigenvalue weighted by atomic mass is 16.6. The molecule has 4 rings (SSSR count). The monoisotopic (exact) mass is 401 g/mol. The highest BCUT2D eigenvalue weighted by molar-refractivity contribution is 5.98. The van der Waals surface area contributed by atoms with Crippen LogP contribution in [0.3, 0.4) is 0 Å². The van der Waals surface area contributed by atoms with Crippen LogP contribution < -0.4 is 14.2 Å². The summed E-state index contributed by atoms with van der Waals surface area (Å²) in [6.07, 6.45) is 0.0191. The Hall–Kier alpha value is -3.13. The summed E-state index contributed by atoms with van der Waals surface area (Å²) in [4.78, 5) is 14.8. The molecule has 2 N–H and O–H groups in total. The molecule has 0 saturated carbocycles. The van der Waals surface area contributed by atoms with E-state index in [0.29, 0.717) is 41.2 Å². The molecular formula is C21H23NO7. The van der Waals surface area contributed by atoms with E-state index in [9.17, 15) is 15.0 Å². The molecule has 8 heteroatoms. The Bertz CT molecular complexity index is 988. The van der Waals surface area contributed by atoms with Crippen molar-refractivity contribution in [3.05, 3.63) is 40.5 Å². The van der Waals surface area contributed by atoms with E-state index in [1.54, 1.807) is 18.2 Å². The van der Waals surface area contributed by atoms with E-state index in [1.165, 1.54) is 21.3 Å². The molecule has 154 valence electrons. The van der Waals surface area contributed by atoms with Gasteiger partial charge in [-0.25, -0.2) is 4.79 Å². The molecule has 2 atom stereocenters. The van der Waals surface area contributed by atoms with Gasteiger partial charge in [0.2, 0.25) is 5.75 Å². The van der Waals surface area contributed by atoms with Gasteiger partial charge in [0.05, 0.1) is 27.4 Å². The van der Waals surface area contributed by atoms with Crippen LogP contribution >= 0.6 is 0 Å². The predicted octanol–water partition coefficient (Wildman–Crippen LogP) is 2.56. The zero-order valence-corrected chi connectivity index (χ0v) is 16.7. The Morgan fingerprint density at radius 2 is 1.83 bits per heavy atom. The van der Waals surface area contributed by atoms with Gasteiger partial charge >= 0.3 is 5.97 Å². The minimum Gasteiger partial charge on any atom is -0.504 e. The van der Waals surface area contributed by atoms with E-state index in [0.717, 1.165) is 5.56 Å². The lowest BCUT2D eigenvalue weighted by Gasteiger charge is -2.38. The van der Waals surface area contributed by atoms with Crippen molar-refractivity contribution in [1.82, 2.24) is 4.90 Å². The maximum atomic E-state index is 12.8. The van der Waals surface area contributed by atoms with E-state index >= 15 is 0 Å². The van der Waals surface area contributed by atoms with Crippen molar-refractivity contribution in [2.45, 2.75) is 18.6 Å². The second-order valence-corrected chi connectivity index (χ2v) is 7.12. The normalized spacial score (nSPS) is 20.6. The number of phenolic OH excluding ortho intramolecular Hbond substituents is 2. The van der Waals surface area contributed by atoms with Crippen LogP contribution in [-0.4, -0.2) is 56.0 Å². The highest BCUT2D eigenvalue weighted by Crippen LogP contribution is 2.53. The number of hydrogen-bond acceptors (Lipinski definition) is 8. The Labute approximate surface area is 168 Å². The minimum absolute atomic E-state index is 0.182. The number of phenols is 2. The van der Waals surface area contributed by atoms with Gasteiger partial charge in [0.25, 0.3) is 0 Å². The fraction of sp³-hybridized carbons (Fsp3) is 0.381. The number of carbonyl (C=O) groups is 1. The molecule has 2 aliphatic heterocycles. The summed E-state index contributed by atoms with van der Waals surface area (Å²) in [5, 5.41) is 20.4. The van der Waals surface area contributed by atoms with Crippen molar-refractivity contribution in [1.29, 1.82) is 0 Å². The Morgan fingerprint density at radius 1 is 1.10 bits per heavy atom. The van der Waals surface area contributed by atoms with Crippen molar-refractivity contribution in [3.63, 3.8) is 0 Å². The predicted molar refractivity (Wildman–Crippen MR) is 103 cm³/mol. The molecule has 0 amide bonds. The average Bonchev–Trinajstić information content (AvgIpc) is 3.05. The van der Waals surface area contributed by atoms with Crippen LogP contribution in [0.15, 0.2) is 18.2 Å². The van der Waals surface area contributed by atoms with Crippen molar-refractivity contribution in [2.75, 3.05) is 34.9 Å². The number of methoxy groups -OCH3 is 3. The summed E-state index contributed by atoms with van der Waals surface area (Å²) in [6, 6.07) is 4.66. The smallest absolute Gasteiger partial charge is 0.343 e.